The first-order valence-electron chi connectivity index (χ1n) is 24.2. The molecule has 0 radical (unpaired) electrons. The number of rotatable bonds is 9. The van der Waals surface area contributed by atoms with E-state index in [9.17, 15) is 24.3 Å². The second-order valence-electron chi connectivity index (χ2n) is 20.6. The van der Waals surface area contributed by atoms with Crippen LogP contribution in [0.15, 0.2) is 54.7 Å². The van der Waals surface area contributed by atoms with Gasteiger partial charge in [-0.3, -0.25) is 29.5 Å². The molecule has 360 valence electrons. The molecule has 3 unspecified atom stereocenters. The number of benzene rings is 2. The lowest BCUT2D eigenvalue weighted by atomic mass is 9.78. The lowest BCUT2D eigenvalue weighted by Gasteiger charge is -2.35. The summed E-state index contributed by atoms with van der Waals surface area (Å²) in [6.45, 7) is 14.6. The molecule has 3 N–H and O–H groups in total. The third kappa shape index (κ3) is 10.0. The maximum absolute atomic E-state index is 14.8. The number of nitrogens with zero attached hydrogens (tertiary/aromatic N) is 3. The van der Waals surface area contributed by atoms with E-state index in [0.717, 1.165) is 57.4 Å². The Morgan fingerprint density at radius 3 is 2.52 bits per heavy atom. The van der Waals surface area contributed by atoms with Gasteiger partial charge in [0.05, 0.1) is 42.8 Å². The van der Waals surface area contributed by atoms with Crippen molar-refractivity contribution in [2.45, 2.75) is 136 Å². The van der Waals surface area contributed by atoms with Crippen molar-refractivity contribution in [2.24, 2.45) is 16.7 Å². The number of hydrogen-bond donors (Lipinski definition) is 3. The highest BCUT2D eigenvalue weighted by Gasteiger charge is 2.46. The number of cyclic esters (lactones) is 1. The number of nitrogens with one attached hydrogen (secondary N) is 2. The first-order valence-corrected chi connectivity index (χ1v) is 24.2. The summed E-state index contributed by atoms with van der Waals surface area (Å²) in [6.07, 6.45) is 5.22. The number of piperidine rings is 1. The van der Waals surface area contributed by atoms with Crippen LogP contribution in [0.1, 0.15) is 103 Å². The Morgan fingerprint density at radius 2 is 1.79 bits per heavy atom. The Hall–Kier alpha value is -5.15. The standard InChI is InChI=1S/C53H69N5O9/c1-9-58-43-16-15-34-26-38(43)39(47(58)37-12-11-19-54-45(37)32(4)64-8)27-52(5,6)29-67-51(63)41-14-10-13-40(55-41)48(60)42(24-33-22-35(34)25-36(59)23-33)56-49(61)46(31(2)3)57(7)50(62)44-28-53(30-66-44)17-20-65-21-18-53/h11-12,15-16,19,22-23,25-26,31-32,40-42,44,46,55,59H,9-10,13-14,17-18,20-21,24,27-30H2,1-8H3,(H,56,61)/t32-,40?,41-,42-,44?,46?/m0/s1. The molecule has 6 heterocycles. The number of amides is 2. The number of hydrogen-bond acceptors (Lipinski definition) is 11. The van der Waals surface area contributed by atoms with E-state index in [0.29, 0.717) is 64.0 Å². The van der Waals surface area contributed by atoms with Crippen molar-refractivity contribution >= 4 is 34.5 Å². The number of methoxy groups -OCH3 is 1. The number of carbonyl (C=O) groups excluding carboxylic acids is 4. The molecule has 14 nitrogen and oxygen atoms in total. The van der Waals surface area contributed by atoms with Crippen LogP contribution in [-0.2, 0) is 57.5 Å². The SMILES string of the molecule is CCn1c(-c2cccnc2[C@H](C)OC)c2c3cc(ccc31)-c1cc(O)cc(c1)C[C@H](NC(=O)C(C(C)C)N(C)C(=O)C1CC3(CCOCC3)CO1)C(=O)C1CCC[C@H](N1)C(=O)OCC(C)(C)C2. The number of pyridine rings is 1. The third-order valence-corrected chi connectivity index (χ3v) is 14.7. The summed E-state index contributed by atoms with van der Waals surface area (Å²) in [4.78, 5) is 63.8. The van der Waals surface area contributed by atoms with Crippen LogP contribution in [0, 0.1) is 16.7 Å². The fourth-order valence-corrected chi connectivity index (χ4v) is 11.0. The van der Waals surface area contributed by atoms with E-state index in [1.165, 1.54) is 4.90 Å². The number of fused-ring (bicyclic) bond motifs is 6. The molecule has 14 heteroatoms. The number of phenolic OH excluding ortho intramolecular Hbond substituents is 1. The molecule has 6 atom stereocenters. The molecular formula is C53H69N5O9. The average Bonchev–Trinajstić information content (AvgIpc) is 3.86. The highest BCUT2D eigenvalue weighted by atomic mass is 16.5. The fraction of sp³-hybridized carbons (Fsp3) is 0.566. The van der Waals surface area contributed by atoms with Gasteiger partial charge in [-0.2, -0.15) is 0 Å². The minimum atomic E-state index is -1.07. The molecule has 8 rings (SSSR count). The highest BCUT2D eigenvalue weighted by Crippen LogP contribution is 2.44. The molecular weight excluding hydrogens is 851 g/mol. The highest BCUT2D eigenvalue weighted by molar-refractivity contribution is 5.97. The van der Waals surface area contributed by atoms with E-state index in [1.807, 2.05) is 39.0 Å². The van der Waals surface area contributed by atoms with Gasteiger partial charge in [-0.1, -0.05) is 39.8 Å². The predicted molar refractivity (Wildman–Crippen MR) is 255 cm³/mol. The number of esters is 1. The van der Waals surface area contributed by atoms with E-state index < -0.39 is 47.6 Å². The largest absolute Gasteiger partial charge is 0.508 e. The Bertz CT molecular complexity index is 2490. The van der Waals surface area contributed by atoms with E-state index in [4.69, 9.17) is 23.9 Å². The number of likely N-dealkylation sites (N-methyl/N-ethyl adjacent to an activating group) is 1. The van der Waals surface area contributed by atoms with Crippen molar-refractivity contribution in [3.8, 4) is 28.1 Å². The Morgan fingerprint density at radius 1 is 1.03 bits per heavy atom. The number of aromatic hydroxyl groups is 1. The van der Waals surface area contributed by atoms with Crippen LogP contribution in [0.25, 0.3) is 33.3 Å². The average molecular weight is 920 g/mol. The van der Waals surface area contributed by atoms with Gasteiger partial charge in [0.1, 0.15) is 23.9 Å². The Labute approximate surface area is 394 Å². The van der Waals surface area contributed by atoms with Crippen molar-refractivity contribution in [1.29, 1.82) is 0 Å². The van der Waals surface area contributed by atoms with Crippen LogP contribution >= 0.6 is 0 Å². The number of phenols is 1. The molecule has 3 fully saturated rings. The van der Waals surface area contributed by atoms with E-state index in [2.05, 4.69) is 54.2 Å². The van der Waals surface area contributed by atoms with Gasteiger partial charge in [-0.05, 0) is 130 Å². The molecule has 6 bridgehead atoms. The molecule has 4 aromatic rings. The summed E-state index contributed by atoms with van der Waals surface area (Å²) < 4.78 is 26.0. The predicted octanol–water partition coefficient (Wildman–Crippen LogP) is 7.10. The second kappa shape index (κ2) is 19.8. The molecule has 0 saturated carbocycles. The van der Waals surface area contributed by atoms with Gasteiger partial charge in [0.2, 0.25) is 5.91 Å². The normalized spacial score (nSPS) is 24.0. The van der Waals surface area contributed by atoms with Crippen LogP contribution in [0.4, 0.5) is 0 Å². The Balaban J connectivity index is 1.18. The van der Waals surface area contributed by atoms with Crippen molar-refractivity contribution in [3.05, 3.63) is 71.5 Å². The number of aryl methyl sites for hydroxylation is 1. The zero-order valence-corrected chi connectivity index (χ0v) is 40.5. The molecule has 4 aliphatic rings. The molecule has 67 heavy (non-hydrogen) atoms. The fourth-order valence-electron chi connectivity index (χ4n) is 11.0. The summed E-state index contributed by atoms with van der Waals surface area (Å²) in [7, 11) is 3.31. The molecule has 2 amide bonds. The monoisotopic (exact) mass is 920 g/mol. The minimum Gasteiger partial charge on any atom is -0.508 e. The zero-order valence-electron chi connectivity index (χ0n) is 40.5. The molecule has 3 saturated heterocycles. The second-order valence-corrected chi connectivity index (χ2v) is 20.6. The summed E-state index contributed by atoms with van der Waals surface area (Å²) in [5.41, 5.74) is 6.50. The number of ether oxygens (including phenoxy) is 4. The summed E-state index contributed by atoms with van der Waals surface area (Å²) in [5.74, 6) is -1.73. The maximum Gasteiger partial charge on any atom is 0.323 e. The molecule has 2 aromatic heterocycles. The molecule has 1 spiro atoms. The van der Waals surface area contributed by atoms with Crippen LogP contribution in [0.3, 0.4) is 0 Å². The summed E-state index contributed by atoms with van der Waals surface area (Å²) in [6, 6.07) is 12.2. The molecule has 0 aliphatic carbocycles. The van der Waals surface area contributed by atoms with Gasteiger partial charge in [0.15, 0.2) is 5.78 Å². The minimum absolute atomic E-state index is 0.0177. The van der Waals surface area contributed by atoms with Crippen molar-refractivity contribution in [1.82, 2.24) is 25.1 Å². The smallest absolute Gasteiger partial charge is 0.323 e. The maximum atomic E-state index is 14.8. The van der Waals surface area contributed by atoms with Crippen molar-refractivity contribution in [3.63, 3.8) is 0 Å². The summed E-state index contributed by atoms with van der Waals surface area (Å²) in [5, 5.41) is 18.8. The van der Waals surface area contributed by atoms with Crippen LogP contribution < -0.4 is 10.6 Å². The van der Waals surface area contributed by atoms with Crippen molar-refractivity contribution < 1.29 is 43.2 Å². The number of ketones is 1. The molecule has 4 aliphatic heterocycles. The van der Waals surface area contributed by atoms with E-state index >= 15 is 0 Å². The molecule has 2 aromatic carbocycles. The zero-order chi connectivity index (χ0) is 47.8. The van der Waals surface area contributed by atoms with Gasteiger partial charge in [-0.25, -0.2) is 0 Å². The van der Waals surface area contributed by atoms with E-state index in [-0.39, 0.29) is 47.9 Å². The number of Topliss-reactive ketones (excluding diaryl/α,β-unsaturated/α-hetero) is 1. The lowest BCUT2D eigenvalue weighted by molar-refractivity contribution is -0.150. The van der Waals surface area contributed by atoms with Gasteiger partial charge in [0.25, 0.3) is 5.91 Å². The number of carbonyl (C=O) groups is 4. The van der Waals surface area contributed by atoms with E-state index in [1.54, 1.807) is 32.5 Å². The first kappa shape index (κ1) is 48.3. The first-order chi connectivity index (χ1) is 32.0. The number of aromatic nitrogens is 2. The van der Waals surface area contributed by atoms with Crippen LogP contribution in [-0.4, -0.2) is 114 Å². The van der Waals surface area contributed by atoms with Gasteiger partial charge in [0, 0.05) is 67.4 Å². The Kier molecular flexibility index (Phi) is 14.3. The summed E-state index contributed by atoms with van der Waals surface area (Å²) >= 11 is 0. The topological polar surface area (TPSA) is 171 Å². The third-order valence-electron chi connectivity index (χ3n) is 14.7. The van der Waals surface area contributed by atoms with Crippen LogP contribution in [0.2, 0.25) is 0 Å². The van der Waals surface area contributed by atoms with Crippen molar-refractivity contribution in [2.75, 3.05) is 40.6 Å². The quantitative estimate of drug-likeness (QED) is 0.146. The van der Waals surface area contributed by atoms with Gasteiger partial charge >= 0.3 is 5.97 Å². The van der Waals surface area contributed by atoms with Gasteiger partial charge < -0.3 is 38.8 Å². The van der Waals surface area contributed by atoms with Gasteiger partial charge in [-0.15, -0.1) is 0 Å². The van der Waals surface area contributed by atoms with Crippen LogP contribution in [0.5, 0.6) is 5.75 Å². The lowest BCUT2D eigenvalue weighted by Crippen LogP contribution is -2.60.